The molecule has 4 rings (SSSR count). The number of nitrogens with one attached hydrogen (secondary N) is 2. The minimum absolute atomic E-state index is 0.0651. The van der Waals surface area contributed by atoms with E-state index in [-0.39, 0.29) is 18.9 Å². The predicted molar refractivity (Wildman–Crippen MR) is 148 cm³/mol. The van der Waals surface area contributed by atoms with Gasteiger partial charge in [0, 0.05) is 30.5 Å². The average Bonchev–Trinajstić information content (AvgIpc) is 3.48. The summed E-state index contributed by atoms with van der Waals surface area (Å²) >= 11 is 1.45. The number of carbonyl (C=O) groups is 1. The molecule has 200 valence electrons. The molecule has 0 fully saturated rings. The van der Waals surface area contributed by atoms with E-state index in [1.807, 2.05) is 48.1 Å². The van der Waals surface area contributed by atoms with Gasteiger partial charge in [-0.3, -0.25) is 4.79 Å². The molecule has 8 heteroatoms. The summed E-state index contributed by atoms with van der Waals surface area (Å²) in [5.74, 6) is -1.76. The summed E-state index contributed by atoms with van der Waals surface area (Å²) in [5, 5.41) is 19.9. The summed E-state index contributed by atoms with van der Waals surface area (Å²) in [4.78, 5) is 13.5. The molecule has 0 saturated heterocycles. The molecule has 0 aliphatic rings. The molecule has 2 aromatic heterocycles. The summed E-state index contributed by atoms with van der Waals surface area (Å²) in [6.07, 6.45) is -0.00594. The van der Waals surface area contributed by atoms with Crippen molar-refractivity contribution in [2.75, 3.05) is 6.54 Å². The molecule has 5 nitrogen and oxygen atoms in total. The minimum Gasteiger partial charge on any atom is -0.390 e. The van der Waals surface area contributed by atoms with Gasteiger partial charge in [-0.1, -0.05) is 31.2 Å². The number of aliphatic hydroxyl groups is 1. The lowest BCUT2D eigenvalue weighted by Crippen LogP contribution is -2.48. The molecule has 2 heterocycles. The number of hydrogen-bond donors (Lipinski definition) is 3. The highest BCUT2D eigenvalue weighted by atomic mass is 32.1. The molecule has 0 bridgehead atoms. The number of hydrogen-bond acceptors (Lipinski definition) is 4. The standard InChI is InChI=1S/C30H33F2N3O2S/c1-4-21-6-5-7-22(12-21)17-33-18-28(36)27(15-23-13-24(31)16-25(32)14-23)34-29(37)26-10-11-38-30(26)35-19(2)8-9-20(35)3/h5-14,16,27-28,33,36H,4,15,17-18H2,1-3H3,(H,34,37)/t27-,28+/m0/s1. The van der Waals surface area contributed by atoms with Gasteiger partial charge in [0.15, 0.2) is 0 Å². The number of nitrogens with zero attached hydrogens (tertiary/aromatic N) is 1. The van der Waals surface area contributed by atoms with E-state index in [2.05, 4.69) is 29.7 Å². The van der Waals surface area contributed by atoms with Crippen LogP contribution in [0.1, 0.15) is 45.4 Å². The number of aliphatic hydroxyl groups excluding tert-OH is 1. The van der Waals surface area contributed by atoms with E-state index in [0.717, 1.165) is 34.4 Å². The molecule has 2 atom stereocenters. The van der Waals surface area contributed by atoms with Crippen LogP contribution in [0.3, 0.4) is 0 Å². The van der Waals surface area contributed by atoms with Crippen molar-refractivity contribution in [3.05, 3.63) is 111 Å². The monoisotopic (exact) mass is 537 g/mol. The lowest BCUT2D eigenvalue weighted by Gasteiger charge is -2.25. The SMILES string of the molecule is CCc1cccc(CNC[C@@H](O)[C@H](Cc2cc(F)cc(F)c2)NC(=O)c2ccsc2-n2c(C)ccc2C)c1. The topological polar surface area (TPSA) is 66.3 Å². The number of rotatable bonds is 11. The van der Waals surface area contributed by atoms with Crippen LogP contribution in [0.5, 0.6) is 0 Å². The van der Waals surface area contributed by atoms with Gasteiger partial charge in [0.05, 0.1) is 17.7 Å². The van der Waals surface area contributed by atoms with Crippen molar-refractivity contribution in [3.63, 3.8) is 0 Å². The lowest BCUT2D eigenvalue weighted by atomic mass is 10.00. The summed E-state index contributed by atoms with van der Waals surface area (Å²) in [7, 11) is 0. The fraction of sp³-hybridized carbons (Fsp3) is 0.300. The maximum Gasteiger partial charge on any atom is 0.254 e. The molecule has 2 aromatic carbocycles. The first kappa shape index (κ1) is 27.7. The third-order valence-electron chi connectivity index (χ3n) is 6.60. The van der Waals surface area contributed by atoms with Crippen LogP contribution in [-0.2, 0) is 19.4 Å². The average molecular weight is 538 g/mol. The maximum absolute atomic E-state index is 13.9. The quantitative estimate of drug-likeness (QED) is 0.237. The van der Waals surface area contributed by atoms with Gasteiger partial charge in [-0.25, -0.2) is 8.78 Å². The number of aryl methyl sites for hydroxylation is 3. The first-order chi connectivity index (χ1) is 18.2. The summed E-state index contributed by atoms with van der Waals surface area (Å²) in [5.41, 5.74) is 5.14. The van der Waals surface area contributed by atoms with Crippen molar-refractivity contribution in [2.45, 2.75) is 52.3 Å². The Kier molecular flexibility index (Phi) is 9.09. The Balaban J connectivity index is 1.52. The lowest BCUT2D eigenvalue weighted by molar-refractivity contribution is 0.0830. The van der Waals surface area contributed by atoms with Gasteiger partial charge in [-0.05, 0) is 79.1 Å². The Labute approximate surface area is 226 Å². The van der Waals surface area contributed by atoms with Crippen molar-refractivity contribution in [2.24, 2.45) is 0 Å². The Morgan fingerprint density at radius 3 is 2.34 bits per heavy atom. The Bertz CT molecular complexity index is 1360. The first-order valence-electron chi connectivity index (χ1n) is 12.7. The molecular formula is C30H33F2N3O2S. The van der Waals surface area contributed by atoms with Crippen molar-refractivity contribution < 1.29 is 18.7 Å². The zero-order chi connectivity index (χ0) is 27.2. The third kappa shape index (κ3) is 6.75. The van der Waals surface area contributed by atoms with Crippen LogP contribution in [0, 0.1) is 25.5 Å². The number of benzene rings is 2. The van der Waals surface area contributed by atoms with Crippen LogP contribution >= 0.6 is 11.3 Å². The predicted octanol–water partition coefficient (Wildman–Crippen LogP) is 5.49. The summed E-state index contributed by atoms with van der Waals surface area (Å²) < 4.78 is 29.8. The van der Waals surface area contributed by atoms with Gasteiger partial charge < -0.3 is 20.3 Å². The molecule has 1 amide bonds. The Morgan fingerprint density at radius 2 is 1.66 bits per heavy atom. The zero-order valence-electron chi connectivity index (χ0n) is 21.8. The number of thiophene rings is 1. The van der Waals surface area contributed by atoms with Gasteiger partial charge in [0.25, 0.3) is 5.91 Å². The number of amides is 1. The molecule has 0 aliphatic heterocycles. The Morgan fingerprint density at radius 1 is 0.974 bits per heavy atom. The van der Waals surface area contributed by atoms with E-state index < -0.39 is 23.8 Å². The second-order valence-corrected chi connectivity index (χ2v) is 10.4. The molecule has 0 radical (unpaired) electrons. The highest BCUT2D eigenvalue weighted by Crippen LogP contribution is 2.26. The fourth-order valence-electron chi connectivity index (χ4n) is 4.61. The van der Waals surface area contributed by atoms with Gasteiger partial charge >= 0.3 is 0 Å². The molecule has 0 saturated carbocycles. The van der Waals surface area contributed by atoms with E-state index in [1.54, 1.807) is 6.07 Å². The van der Waals surface area contributed by atoms with Gasteiger partial charge in [-0.2, -0.15) is 0 Å². The molecule has 4 aromatic rings. The van der Waals surface area contributed by atoms with Crippen molar-refractivity contribution >= 4 is 17.2 Å². The van der Waals surface area contributed by atoms with E-state index in [1.165, 1.54) is 29.0 Å². The second kappa shape index (κ2) is 12.5. The van der Waals surface area contributed by atoms with E-state index in [4.69, 9.17) is 0 Å². The number of carbonyl (C=O) groups excluding carboxylic acids is 1. The van der Waals surface area contributed by atoms with Crippen LogP contribution in [0.25, 0.3) is 5.00 Å². The van der Waals surface area contributed by atoms with Crippen molar-refractivity contribution in [1.29, 1.82) is 0 Å². The highest BCUT2D eigenvalue weighted by Gasteiger charge is 2.25. The molecule has 38 heavy (non-hydrogen) atoms. The van der Waals surface area contributed by atoms with Crippen LogP contribution in [-0.4, -0.2) is 34.3 Å². The van der Waals surface area contributed by atoms with Crippen LogP contribution in [0.4, 0.5) is 8.78 Å². The summed E-state index contributed by atoms with van der Waals surface area (Å²) in [6, 6.07) is 16.4. The minimum atomic E-state index is -1.00. The smallest absolute Gasteiger partial charge is 0.254 e. The fourth-order valence-corrected chi connectivity index (χ4v) is 5.63. The first-order valence-corrected chi connectivity index (χ1v) is 13.6. The number of aromatic nitrogens is 1. The Hall–Kier alpha value is -3.33. The van der Waals surface area contributed by atoms with E-state index in [9.17, 15) is 18.7 Å². The van der Waals surface area contributed by atoms with E-state index >= 15 is 0 Å². The van der Waals surface area contributed by atoms with Gasteiger partial charge in [0.1, 0.15) is 16.6 Å². The molecule has 0 unspecified atom stereocenters. The van der Waals surface area contributed by atoms with Crippen molar-refractivity contribution in [3.8, 4) is 5.00 Å². The molecule has 0 spiro atoms. The highest BCUT2D eigenvalue weighted by molar-refractivity contribution is 7.13. The number of halogens is 2. The summed E-state index contributed by atoms with van der Waals surface area (Å²) in [6.45, 7) is 6.77. The molecular weight excluding hydrogens is 504 g/mol. The van der Waals surface area contributed by atoms with Crippen LogP contribution < -0.4 is 10.6 Å². The zero-order valence-corrected chi connectivity index (χ0v) is 22.6. The second-order valence-electron chi connectivity index (χ2n) is 9.52. The third-order valence-corrected chi connectivity index (χ3v) is 7.50. The van der Waals surface area contributed by atoms with Crippen LogP contribution in [0.2, 0.25) is 0 Å². The van der Waals surface area contributed by atoms with Gasteiger partial charge in [0.2, 0.25) is 0 Å². The maximum atomic E-state index is 13.9. The van der Waals surface area contributed by atoms with Gasteiger partial charge in [-0.15, -0.1) is 11.3 Å². The van der Waals surface area contributed by atoms with Crippen LogP contribution in [0.15, 0.2) is 66.0 Å². The largest absolute Gasteiger partial charge is 0.390 e. The van der Waals surface area contributed by atoms with E-state index in [0.29, 0.717) is 17.7 Å². The van der Waals surface area contributed by atoms with Crippen molar-refractivity contribution in [1.82, 2.24) is 15.2 Å². The normalized spacial score (nSPS) is 12.9. The molecule has 0 aliphatic carbocycles. The molecule has 3 N–H and O–H groups in total.